The highest BCUT2D eigenvalue weighted by atomic mass is 32.1. The van der Waals surface area contributed by atoms with Crippen LogP contribution in [-0.2, 0) is 11.8 Å². The van der Waals surface area contributed by atoms with Crippen molar-refractivity contribution in [2.24, 2.45) is 7.05 Å². The van der Waals surface area contributed by atoms with Gasteiger partial charge in [0.1, 0.15) is 10.6 Å². The van der Waals surface area contributed by atoms with Crippen LogP contribution < -0.4 is 11.1 Å². The second kappa shape index (κ2) is 5.33. The molecule has 2 aromatic rings. The van der Waals surface area contributed by atoms with Crippen LogP contribution in [0.1, 0.15) is 25.9 Å². The molecule has 0 radical (unpaired) electrons. The quantitative estimate of drug-likeness (QED) is 0.834. The van der Waals surface area contributed by atoms with Gasteiger partial charge in [-0.15, -0.1) is 11.3 Å². The molecule has 0 atom stereocenters. The minimum Gasteiger partial charge on any atom is -0.465 e. The Hall–Kier alpha value is -2.35. The summed E-state index contributed by atoms with van der Waals surface area (Å²) in [4.78, 5) is 24.1. The van der Waals surface area contributed by atoms with E-state index in [1.807, 2.05) is 0 Å². The third kappa shape index (κ3) is 2.37. The lowest BCUT2D eigenvalue weighted by Gasteiger charge is -2.06. The molecular weight excluding hydrogens is 280 g/mol. The van der Waals surface area contributed by atoms with Crippen LogP contribution in [0.3, 0.4) is 0 Å². The lowest BCUT2D eigenvalue weighted by atomic mass is 10.3. The Kier molecular flexibility index (Phi) is 3.75. The van der Waals surface area contributed by atoms with Crippen LogP contribution >= 0.6 is 11.3 Å². The minimum atomic E-state index is -0.496. The molecule has 8 heteroatoms. The molecule has 1 amide bonds. The van der Waals surface area contributed by atoms with Crippen molar-refractivity contribution in [3.05, 3.63) is 27.7 Å². The van der Waals surface area contributed by atoms with Crippen LogP contribution in [0.15, 0.2) is 11.4 Å². The topological polar surface area (TPSA) is 99.2 Å². The van der Waals surface area contributed by atoms with Gasteiger partial charge in [-0.05, 0) is 18.4 Å². The number of carbonyl (C=O) groups is 2. The Labute approximate surface area is 119 Å². The number of anilines is 2. The molecule has 20 heavy (non-hydrogen) atoms. The van der Waals surface area contributed by atoms with Crippen LogP contribution in [0.4, 0.5) is 11.4 Å². The monoisotopic (exact) mass is 294 g/mol. The summed E-state index contributed by atoms with van der Waals surface area (Å²) < 4.78 is 6.06. The number of nitrogens with two attached hydrogens (primary N) is 1. The summed E-state index contributed by atoms with van der Waals surface area (Å²) in [6.45, 7) is 1.72. The molecule has 0 saturated carbocycles. The summed E-state index contributed by atoms with van der Waals surface area (Å²) in [5.41, 5.74) is 7.37. The fourth-order valence-corrected chi connectivity index (χ4v) is 2.55. The first kappa shape index (κ1) is 14.1. The second-order valence-electron chi connectivity index (χ2n) is 4.08. The van der Waals surface area contributed by atoms with Crippen molar-refractivity contribution in [1.82, 2.24) is 9.78 Å². The number of nitrogens with one attached hydrogen (secondary N) is 1. The van der Waals surface area contributed by atoms with Gasteiger partial charge in [0.2, 0.25) is 0 Å². The Bertz CT molecular complexity index is 674. The average molecular weight is 294 g/mol. The number of hydrogen-bond donors (Lipinski definition) is 2. The summed E-state index contributed by atoms with van der Waals surface area (Å²) in [5.74, 6) is -0.918. The first-order valence-electron chi connectivity index (χ1n) is 5.72. The molecule has 7 nitrogen and oxygen atoms in total. The molecule has 0 bridgehead atoms. The van der Waals surface area contributed by atoms with E-state index in [1.54, 1.807) is 25.4 Å². The van der Waals surface area contributed by atoms with Gasteiger partial charge in [-0.2, -0.15) is 5.10 Å². The summed E-state index contributed by atoms with van der Waals surface area (Å²) in [5, 5.41) is 8.42. The first-order valence-corrected chi connectivity index (χ1v) is 6.60. The molecule has 2 heterocycles. The highest BCUT2D eigenvalue weighted by molar-refractivity contribution is 7.12. The highest BCUT2D eigenvalue weighted by Crippen LogP contribution is 2.25. The van der Waals surface area contributed by atoms with E-state index in [0.717, 1.165) is 0 Å². The predicted octanol–water partition coefficient (Wildman–Crippen LogP) is 1.41. The van der Waals surface area contributed by atoms with Crippen LogP contribution in [0.2, 0.25) is 0 Å². The Balaban J connectivity index is 2.29. The first-order chi connectivity index (χ1) is 9.45. The summed E-state index contributed by atoms with van der Waals surface area (Å²) in [6, 6.07) is 1.63. The number of methoxy groups -OCH3 is 1. The van der Waals surface area contributed by atoms with Gasteiger partial charge in [0, 0.05) is 7.05 Å². The predicted molar refractivity (Wildman–Crippen MR) is 76.0 cm³/mol. The molecule has 2 aromatic heterocycles. The number of nitrogen functional groups attached to an aromatic ring is 1. The average Bonchev–Trinajstić information content (AvgIpc) is 2.94. The summed E-state index contributed by atoms with van der Waals surface area (Å²) >= 11 is 1.19. The van der Waals surface area contributed by atoms with Gasteiger partial charge >= 0.3 is 5.97 Å². The molecule has 0 saturated heterocycles. The van der Waals surface area contributed by atoms with Gasteiger partial charge < -0.3 is 15.8 Å². The summed E-state index contributed by atoms with van der Waals surface area (Å²) in [7, 11) is 2.92. The van der Waals surface area contributed by atoms with E-state index in [0.29, 0.717) is 21.9 Å². The maximum absolute atomic E-state index is 12.2. The molecule has 0 aliphatic heterocycles. The number of aryl methyl sites for hydroxylation is 2. The van der Waals surface area contributed by atoms with E-state index < -0.39 is 11.9 Å². The number of esters is 1. The largest absolute Gasteiger partial charge is 0.465 e. The molecule has 0 aliphatic rings. The Morgan fingerprint density at radius 1 is 1.50 bits per heavy atom. The van der Waals surface area contributed by atoms with Crippen molar-refractivity contribution in [2.45, 2.75) is 6.92 Å². The van der Waals surface area contributed by atoms with Gasteiger partial charge in [0.05, 0.1) is 24.2 Å². The molecule has 0 spiro atoms. The number of rotatable bonds is 3. The third-order valence-electron chi connectivity index (χ3n) is 2.77. The summed E-state index contributed by atoms with van der Waals surface area (Å²) in [6.07, 6.45) is 0. The third-order valence-corrected chi connectivity index (χ3v) is 3.66. The number of carbonyl (C=O) groups excluding carboxylic acids is 2. The van der Waals surface area contributed by atoms with Crippen LogP contribution in [-0.4, -0.2) is 28.8 Å². The Morgan fingerprint density at radius 3 is 2.75 bits per heavy atom. The van der Waals surface area contributed by atoms with Crippen molar-refractivity contribution in [2.75, 3.05) is 18.2 Å². The number of thiophene rings is 1. The standard InChI is InChI=1S/C12H14N4O3S/c1-6-8(13)9(16(2)15-6)11(17)14-7-4-5-20-10(7)12(18)19-3/h4-5H,13H2,1-3H3,(H,14,17). The van der Waals surface area contributed by atoms with Crippen LogP contribution in [0.25, 0.3) is 0 Å². The molecule has 0 fully saturated rings. The number of aromatic nitrogens is 2. The zero-order valence-electron chi connectivity index (χ0n) is 11.3. The van der Waals surface area contributed by atoms with Gasteiger partial charge in [0.25, 0.3) is 5.91 Å². The fourth-order valence-electron chi connectivity index (χ4n) is 1.78. The maximum Gasteiger partial charge on any atom is 0.350 e. The lowest BCUT2D eigenvalue weighted by molar-refractivity contribution is 0.0607. The maximum atomic E-state index is 12.2. The van der Waals surface area contributed by atoms with E-state index in [2.05, 4.69) is 15.2 Å². The van der Waals surface area contributed by atoms with Gasteiger partial charge in [-0.1, -0.05) is 0 Å². The van der Waals surface area contributed by atoms with Crippen molar-refractivity contribution in [1.29, 1.82) is 0 Å². The number of hydrogen-bond acceptors (Lipinski definition) is 6. The highest BCUT2D eigenvalue weighted by Gasteiger charge is 2.21. The minimum absolute atomic E-state index is 0.254. The SMILES string of the molecule is COC(=O)c1sccc1NC(=O)c1c(N)c(C)nn1C. The Morgan fingerprint density at radius 2 is 2.20 bits per heavy atom. The van der Waals surface area contributed by atoms with Crippen molar-refractivity contribution in [3.63, 3.8) is 0 Å². The molecule has 0 aliphatic carbocycles. The van der Waals surface area contributed by atoms with Gasteiger partial charge in [-0.25, -0.2) is 4.79 Å². The number of amides is 1. The van der Waals surface area contributed by atoms with Gasteiger partial charge in [0.15, 0.2) is 0 Å². The molecule has 3 N–H and O–H groups in total. The van der Waals surface area contributed by atoms with Crippen LogP contribution in [0.5, 0.6) is 0 Å². The fraction of sp³-hybridized carbons (Fsp3) is 0.250. The zero-order valence-corrected chi connectivity index (χ0v) is 12.1. The molecule has 2 rings (SSSR count). The number of ether oxygens (including phenoxy) is 1. The van der Waals surface area contributed by atoms with Gasteiger partial charge in [-0.3, -0.25) is 9.48 Å². The van der Waals surface area contributed by atoms with E-state index >= 15 is 0 Å². The molecule has 106 valence electrons. The van der Waals surface area contributed by atoms with Crippen molar-refractivity contribution >= 4 is 34.6 Å². The number of nitrogens with zero attached hydrogens (tertiary/aromatic N) is 2. The van der Waals surface area contributed by atoms with Crippen LogP contribution in [0, 0.1) is 6.92 Å². The van der Waals surface area contributed by atoms with E-state index in [1.165, 1.54) is 23.1 Å². The molecule has 0 unspecified atom stereocenters. The molecule has 0 aromatic carbocycles. The second-order valence-corrected chi connectivity index (χ2v) is 5.00. The van der Waals surface area contributed by atoms with E-state index in [9.17, 15) is 9.59 Å². The van der Waals surface area contributed by atoms with Crippen molar-refractivity contribution < 1.29 is 14.3 Å². The molecular formula is C12H14N4O3S. The van der Waals surface area contributed by atoms with E-state index in [-0.39, 0.29) is 5.69 Å². The lowest BCUT2D eigenvalue weighted by Crippen LogP contribution is -2.18. The smallest absolute Gasteiger partial charge is 0.350 e. The van der Waals surface area contributed by atoms with Crippen molar-refractivity contribution in [3.8, 4) is 0 Å². The normalized spacial score (nSPS) is 10.3. The van der Waals surface area contributed by atoms with E-state index in [4.69, 9.17) is 5.73 Å². The zero-order chi connectivity index (χ0) is 14.9.